The molecule has 9 heteroatoms. The first kappa shape index (κ1) is 23.7. The number of ether oxygens (including phenoxy) is 1. The highest BCUT2D eigenvalue weighted by atomic mass is 32.2. The van der Waals surface area contributed by atoms with Gasteiger partial charge in [0.05, 0.1) is 29.3 Å². The van der Waals surface area contributed by atoms with Crippen LogP contribution in [-0.2, 0) is 19.6 Å². The van der Waals surface area contributed by atoms with Crippen molar-refractivity contribution in [3.05, 3.63) is 60.2 Å². The van der Waals surface area contributed by atoms with Gasteiger partial charge in [-0.15, -0.1) is 0 Å². The molecular formula is C23H29N3O5S. The molecule has 1 aliphatic heterocycles. The quantitative estimate of drug-likeness (QED) is 0.569. The maximum atomic E-state index is 12.6. The molecule has 1 saturated heterocycles. The molecule has 0 unspecified atom stereocenters. The van der Waals surface area contributed by atoms with Crippen LogP contribution in [0.15, 0.2) is 54.6 Å². The molecule has 3 rings (SSSR count). The van der Waals surface area contributed by atoms with Gasteiger partial charge in [-0.05, 0) is 43.5 Å². The third-order valence-corrected chi connectivity index (χ3v) is 6.36. The molecule has 1 fully saturated rings. The number of nitrogens with one attached hydrogen (secondary N) is 2. The summed E-state index contributed by atoms with van der Waals surface area (Å²) in [5.41, 5.74) is 1.36. The molecule has 0 radical (unpaired) electrons. The fourth-order valence-electron chi connectivity index (χ4n) is 3.57. The number of hydrogen-bond acceptors (Lipinski definition) is 5. The summed E-state index contributed by atoms with van der Waals surface area (Å²) in [6.45, 7) is 1.33. The molecule has 8 nitrogen and oxygen atoms in total. The second kappa shape index (κ2) is 11.1. The van der Waals surface area contributed by atoms with Crippen molar-refractivity contribution in [3.8, 4) is 0 Å². The highest BCUT2D eigenvalue weighted by Crippen LogP contribution is 2.19. The summed E-state index contributed by atoms with van der Waals surface area (Å²) in [6, 6.07) is 15.6. The van der Waals surface area contributed by atoms with Crippen LogP contribution in [0.1, 0.15) is 36.0 Å². The number of amides is 2. The van der Waals surface area contributed by atoms with Gasteiger partial charge in [-0.1, -0.05) is 30.3 Å². The van der Waals surface area contributed by atoms with Gasteiger partial charge in [-0.3, -0.25) is 13.9 Å². The van der Waals surface area contributed by atoms with E-state index in [-0.39, 0.29) is 30.9 Å². The van der Waals surface area contributed by atoms with Gasteiger partial charge in [-0.2, -0.15) is 0 Å². The second-order valence-corrected chi connectivity index (χ2v) is 9.62. The molecule has 0 spiro atoms. The van der Waals surface area contributed by atoms with Crippen molar-refractivity contribution >= 4 is 33.2 Å². The lowest BCUT2D eigenvalue weighted by Crippen LogP contribution is -2.32. The first-order valence-corrected chi connectivity index (χ1v) is 12.5. The van der Waals surface area contributed by atoms with Crippen molar-refractivity contribution in [3.63, 3.8) is 0 Å². The van der Waals surface area contributed by atoms with Gasteiger partial charge in [0.1, 0.15) is 0 Å². The van der Waals surface area contributed by atoms with Gasteiger partial charge >= 0.3 is 0 Å². The zero-order valence-corrected chi connectivity index (χ0v) is 18.9. The minimum Gasteiger partial charge on any atom is -0.376 e. The van der Waals surface area contributed by atoms with Crippen LogP contribution >= 0.6 is 0 Å². The average molecular weight is 460 g/mol. The van der Waals surface area contributed by atoms with Gasteiger partial charge < -0.3 is 15.4 Å². The van der Waals surface area contributed by atoms with Crippen molar-refractivity contribution < 1.29 is 22.7 Å². The third-order valence-electron chi connectivity index (χ3n) is 5.17. The van der Waals surface area contributed by atoms with E-state index in [1.165, 1.54) is 4.31 Å². The number of para-hydroxylation sites is 2. The highest BCUT2D eigenvalue weighted by molar-refractivity contribution is 7.92. The Morgan fingerprint density at radius 2 is 1.81 bits per heavy atom. The Kier molecular flexibility index (Phi) is 8.24. The standard InChI is InChI=1S/C23H29N3O5S/c1-32(29,30)26(18-9-3-2-4-10-18)15-7-14-22(27)25-21-13-6-5-12-20(21)23(28)24-17-19-11-8-16-31-19/h2-6,9-10,12-13,19H,7-8,11,14-17H2,1H3,(H,24,28)(H,25,27)/t19-/m1/s1. The van der Waals surface area contributed by atoms with E-state index in [2.05, 4.69) is 10.6 Å². The summed E-state index contributed by atoms with van der Waals surface area (Å²) in [7, 11) is -3.47. The van der Waals surface area contributed by atoms with Crippen LogP contribution in [0.3, 0.4) is 0 Å². The number of benzene rings is 2. The average Bonchev–Trinajstić information content (AvgIpc) is 3.29. The van der Waals surface area contributed by atoms with Crippen LogP contribution in [0.25, 0.3) is 0 Å². The van der Waals surface area contributed by atoms with Gasteiger partial charge in [-0.25, -0.2) is 8.42 Å². The third kappa shape index (κ3) is 6.80. The lowest BCUT2D eigenvalue weighted by Gasteiger charge is -2.22. The number of carbonyl (C=O) groups excluding carboxylic acids is 2. The Labute approximate surface area is 189 Å². The van der Waals surface area contributed by atoms with Crippen LogP contribution in [0.4, 0.5) is 11.4 Å². The van der Waals surface area contributed by atoms with Crippen molar-refractivity contribution in [2.45, 2.75) is 31.8 Å². The number of hydrogen-bond donors (Lipinski definition) is 2. The van der Waals surface area contributed by atoms with Gasteiger partial charge in [0, 0.05) is 26.1 Å². The summed E-state index contributed by atoms with van der Waals surface area (Å²) in [6.07, 6.45) is 3.54. The van der Waals surface area contributed by atoms with Crippen LogP contribution < -0.4 is 14.9 Å². The fourth-order valence-corrected chi connectivity index (χ4v) is 4.54. The van der Waals surface area contributed by atoms with E-state index in [4.69, 9.17) is 4.74 Å². The first-order valence-electron chi connectivity index (χ1n) is 10.7. The Morgan fingerprint density at radius 3 is 2.50 bits per heavy atom. The molecule has 2 amide bonds. The summed E-state index contributed by atoms with van der Waals surface area (Å²) in [5.74, 6) is -0.561. The molecule has 2 N–H and O–H groups in total. The van der Waals surface area contributed by atoms with E-state index in [9.17, 15) is 18.0 Å². The fraction of sp³-hybridized carbons (Fsp3) is 0.391. The maximum Gasteiger partial charge on any atom is 0.253 e. The van der Waals surface area contributed by atoms with Crippen molar-refractivity contribution in [1.82, 2.24) is 5.32 Å². The molecule has 0 aromatic heterocycles. The Bertz CT molecular complexity index is 1020. The van der Waals surface area contributed by atoms with E-state index in [1.807, 2.05) is 6.07 Å². The predicted octanol–water partition coefficient (Wildman–Crippen LogP) is 2.78. The number of carbonyl (C=O) groups is 2. The topological polar surface area (TPSA) is 105 Å². The van der Waals surface area contributed by atoms with Crippen molar-refractivity contribution in [2.75, 3.05) is 35.6 Å². The van der Waals surface area contributed by atoms with Crippen LogP contribution in [0.2, 0.25) is 0 Å². The largest absolute Gasteiger partial charge is 0.376 e. The molecule has 0 saturated carbocycles. The Hall–Kier alpha value is -2.91. The Balaban J connectivity index is 1.55. The summed E-state index contributed by atoms with van der Waals surface area (Å²) < 4.78 is 31.1. The van der Waals surface area contributed by atoms with Gasteiger partial charge in [0.2, 0.25) is 15.9 Å². The zero-order chi connectivity index (χ0) is 23.0. The number of nitrogens with zero attached hydrogens (tertiary/aromatic N) is 1. The molecule has 1 atom stereocenters. The van der Waals surface area contributed by atoms with Crippen LogP contribution in [0.5, 0.6) is 0 Å². The Morgan fingerprint density at radius 1 is 1.09 bits per heavy atom. The number of rotatable bonds is 10. The maximum absolute atomic E-state index is 12.6. The molecule has 2 aromatic rings. The molecule has 32 heavy (non-hydrogen) atoms. The molecule has 1 aliphatic rings. The minimum absolute atomic E-state index is 0.0307. The molecule has 172 valence electrons. The zero-order valence-electron chi connectivity index (χ0n) is 18.1. The van der Waals surface area contributed by atoms with Crippen molar-refractivity contribution in [2.24, 2.45) is 0 Å². The summed E-state index contributed by atoms with van der Waals surface area (Å²) >= 11 is 0. The lowest BCUT2D eigenvalue weighted by molar-refractivity contribution is -0.116. The number of anilines is 2. The monoisotopic (exact) mass is 459 g/mol. The number of sulfonamides is 1. The summed E-state index contributed by atoms with van der Waals surface area (Å²) in [4.78, 5) is 25.1. The molecule has 0 aliphatic carbocycles. The highest BCUT2D eigenvalue weighted by Gasteiger charge is 2.19. The second-order valence-electron chi connectivity index (χ2n) is 7.71. The molecule has 0 bridgehead atoms. The van der Waals surface area contributed by atoms with E-state index >= 15 is 0 Å². The van der Waals surface area contributed by atoms with E-state index < -0.39 is 10.0 Å². The smallest absolute Gasteiger partial charge is 0.253 e. The molecule has 1 heterocycles. The van der Waals surface area contributed by atoms with Crippen LogP contribution in [0, 0.1) is 0 Å². The van der Waals surface area contributed by atoms with Crippen LogP contribution in [-0.4, -0.2) is 52.3 Å². The van der Waals surface area contributed by atoms with E-state index in [0.29, 0.717) is 36.5 Å². The normalized spacial score (nSPS) is 15.8. The SMILES string of the molecule is CS(=O)(=O)N(CCCC(=O)Nc1ccccc1C(=O)NC[C@H]1CCCO1)c1ccccc1. The van der Waals surface area contributed by atoms with E-state index in [0.717, 1.165) is 19.1 Å². The molecular weight excluding hydrogens is 430 g/mol. The first-order chi connectivity index (χ1) is 15.3. The predicted molar refractivity (Wildman–Crippen MR) is 124 cm³/mol. The molecule has 2 aromatic carbocycles. The summed E-state index contributed by atoms with van der Waals surface area (Å²) in [5, 5.41) is 5.63. The van der Waals surface area contributed by atoms with Gasteiger partial charge in [0.15, 0.2) is 0 Å². The van der Waals surface area contributed by atoms with Crippen molar-refractivity contribution in [1.29, 1.82) is 0 Å². The minimum atomic E-state index is -3.47. The van der Waals surface area contributed by atoms with Gasteiger partial charge in [0.25, 0.3) is 5.91 Å². The van der Waals surface area contributed by atoms with E-state index in [1.54, 1.807) is 48.5 Å². The lowest BCUT2D eigenvalue weighted by atomic mass is 10.1.